The highest BCUT2D eigenvalue weighted by molar-refractivity contribution is 6.31. The minimum absolute atomic E-state index is 0.251. The predicted molar refractivity (Wildman–Crippen MR) is 113 cm³/mol. The summed E-state index contributed by atoms with van der Waals surface area (Å²) in [5, 5.41) is 6.34. The Labute approximate surface area is 170 Å². The molecule has 2 N–H and O–H groups in total. The summed E-state index contributed by atoms with van der Waals surface area (Å²) < 4.78 is 0. The average molecular weight is 398 g/mol. The Morgan fingerprint density at radius 1 is 0.964 bits per heavy atom. The van der Waals surface area contributed by atoms with Gasteiger partial charge in [0.25, 0.3) is 0 Å². The molecule has 0 bridgehead atoms. The summed E-state index contributed by atoms with van der Waals surface area (Å²) in [6.07, 6.45) is 3.55. The van der Waals surface area contributed by atoms with E-state index in [0.717, 1.165) is 18.7 Å². The van der Waals surface area contributed by atoms with Gasteiger partial charge in [0.15, 0.2) is 0 Å². The highest BCUT2D eigenvalue weighted by atomic mass is 35.5. The lowest BCUT2D eigenvalue weighted by atomic mass is 10.0. The van der Waals surface area contributed by atoms with Crippen molar-refractivity contribution < 1.29 is 9.59 Å². The fraction of sp³-hybridized carbons (Fsp3) is 0.364. The van der Waals surface area contributed by atoms with E-state index in [0.29, 0.717) is 29.2 Å². The van der Waals surface area contributed by atoms with E-state index in [1.807, 2.05) is 37.3 Å². The van der Waals surface area contributed by atoms with Crippen LogP contribution in [0.4, 0.5) is 17.1 Å². The second kappa shape index (κ2) is 7.47. The maximum Gasteiger partial charge on any atom is 0.240 e. The molecule has 28 heavy (non-hydrogen) atoms. The van der Waals surface area contributed by atoms with Crippen LogP contribution < -0.4 is 15.5 Å². The smallest absolute Gasteiger partial charge is 0.240 e. The Kier molecular flexibility index (Phi) is 5.02. The van der Waals surface area contributed by atoms with E-state index in [4.69, 9.17) is 11.6 Å². The van der Waals surface area contributed by atoms with Crippen molar-refractivity contribution in [1.82, 2.24) is 0 Å². The van der Waals surface area contributed by atoms with Crippen molar-refractivity contribution in [1.29, 1.82) is 0 Å². The van der Waals surface area contributed by atoms with Gasteiger partial charge in [-0.25, -0.2) is 0 Å². The highest BCUT2D eigenvalue weighted by Gasteiger charge is 2.56. The third-order valence-corrected chi connectivity index (χ3v) is 5.90. The SMILES string of the molecule is Cc1ccc(Cl)cc1NC(=O)C1(C(=O)Nc2ccc(N3CCCC3)cc2)CC1. The summed E-state index contributed by atoms with van der Waals surface area (Å²) in [5.41, 5.74) is 2.44. The molecule has 2 aromatic carbocycles. The van der Waals surface area contributed by atoms with Crippen LogP contribution in [0.1, 0.15) is 31.2 Å². The monoisotopic (exact) mass is 397 g/mol. The first-order chi connectivity index (χ1) is 13.5. The van der Waals surface area contributed by atoms with Crippen molar-refractivity contribution in [3.05, 3.63) is 53.1 Å². The predicted octanol–water partition coefficient (Wildman–Crippen LogP) is 4.61. The summed E-state index contributed by atoms with van der Waals surface area (Å²) >= 11 is 6.03. The number of benzene rings is 2. The molecule has 0 aromatic heterocycles. The number of anilines is 3. The van der Waals surface area contributed by atoms with E-state index in [2.05, 4.69) is 15.5 Å². The van der Waals surface area contributed by atoms with Gasteiger partial charge in [0.2, 0.25) is 11.8 Å². The summed E-state index contributed by atoms with van der Waals surface area (Å²) in [5.74, 6) is -0.525. The Balaban J connectivity index is 1.42. The van der Waals surface area contributed by atoms with Crippen molar-refractivity contribution in [2.24, 2.45) is 5.41 Å². The van der Waals surface area contributed by atoms with Gasteiger partial charge in [0.05, 0.1) is 0 Å². The molecule has 4 rings (SSSR count). The summed E-state index contributed by atoms with van der Waals surface area (Å²) in [4.78, 5) is 28.0. The summed E-state index contributed by atoms with van der Waals surface area (Å²) in [7, 11) is 0. The number of hydrogen-bond donors (Lipinski definition) is 2. The third-order valence-electron chi connectivity index (χ3n) is 5.66. The molecule has 0 atom stereocenters. The van der Waals surface area contributed by atoms with Crippen molar-refractivity contribution in [3.63, 3.8) is 0 Å². The van der Waals surface area contributed by atoms with Gasteiger partial charge in [-0.2, -0.15) is 0 Å². The molecule has 146 valence electrons. The number of hydrogen-bond acceptors (Lipinski definition) is 3. The fourth-order valence-corrected chi connectivity index (χ4v) is 3.81. The molecule has 2 aromatic rings. The van der Waals surface area contributed by atoms with Gasteiger partial charge < -0.3 is 15.5 Å². The molecule has 0 radical (unpaired) electrons. The van der Waals surface area contributed by atoms with E-state index in [-0.39, 0.29) is 11.8 Å². The van der Waals surface area contributed by atoms with Crippen LogP contribution in [0.25, 0.3) is 0 Å². The Hall–Kier alpha value is -2.53. The van der Waals surface area contributed by atoms with Gasteiger partial charge in [-0.15, -0.1) is 0 Å². The van der Waals surface area contributed by atoms with E-state index in [1.54, 1.807) is 12.1 Å². The molecule has 1 saturated heterocycles. The number of nitrogens with one attached hydrogen (secondary N) is 2. The maximum absolute atomic E-state index is 12.8. The number of carbonyl (C=O) groups is 2. The Morgan fingerprint density at radius 3 is 2.25 bits per heavy atom. The molecular weight excluding hydrogens is 374 g/mol. The van der Waals surface area contributed by atoms with E-state index in [9.17, 15) is 9.59 Å². The van der Waals surface area contributed by atoms with E-state index < -0.39 is 5.41 Å². The molecule has 1 saturated carbocycles. The lowest BCUT2D eigenvalue weighted by molar-refractivity contribution is -0.131. The van der Waals surface area contributed by atoms with Crippen LogP contribution in [0.5, 0.6) is 0 Å². The molecule has 0 spiro atoms. The van der Waals surface area contributed by atoms with Crippen LogP contribution in [-0.2, 0) is 9.59 Å². The van der Waals surface area contributed by atoms with Crippen LogP contribution >= 0.6 is 11.6 Å². The second-order valence-electron chi connectivity index (χ2n) is 7.69. The highest BCUT2D eigenvalue weighted by Crippen LogP contribution is 2.47. The summed E-state index contributed by atoms with van der Waals surface area (Å²) in [6, 6.07) is 13.2. The van der Waals surface area contributed by atoms with Crippen molar-refractivity contribution in [2.75, 3.05) is 28.6 Å². The zero-order chi connectivity index (χ0) is 19.7. The molecule has 5 nitrogen and oxygen atoms in total. The molecule has 1 heterocycles. The first kappa shape index (κ1) is 18.8. The van der Waals surface area contributed by atoms with Gasteiger partial charge in [-0.1, -0.05) is 17.7 Å². The molecule has 1 aliphatic heterocycles. The first-order valence-electron chi connectivity index (χ1n) is 9.72. The standard InChI is InChI=1S/C22H24ClN3O2/c1-15-4-5-16(23)14-19(15)25-21(28)22(10-11-22)20(27)24-17-6-8-18(9-7-17)26-12-2-3-13-26/h4-9,14H,2-3,10-13H2,1H3,(H,24,27)(H,25,28). The Morgan fingerprint density at radius 2 is 1.61 bits per heavy atom. The lowest BCUT2D eigenvalue weighted by Gasteiger charge is -2.19. The van der Waals surface area contributed by atoms with E-state index >= 15 is 0 Å². The summed E-state index contributed by atoms with van der Waals surface area (Å²) in [6.45, 7) is 4.06. The third kappa shape index (κ3) is 3.72. The quantitative estimate of drug-likeness (QED) is 0.724. The molecule has 1 aliphatic carbocycles. The fourth-order valence-electron chi connectivity index (χ4n) is 3.63. The topological polar surface area (TPSA) is 61.4 Å². The van der Waals surface area contributed by atoms with Crippen LogP contribution in [0.3, 0.4) is 0 Å². The maximum atomic E-state index is 12.8. The number of halogens is 1. The van der Waals surface area contributed by atoms with Crippen LogP contribution in [-0.4, -0.2) is 24.9 Å². The minimum Gasteiger partial charge on any atom is -0.372 e. The molecule has 2 amide bonds. The van der Waals surface area contributed by atoms with Crippen LogP contribution in [0, 0.1) is 12.3 Å². The number of carbonyl (C=O) groups excluding carboxylic acids is 2. The lowest BCUT2D eigenvalue weighted by Crippen LogP contribution is -2.35. The van der Waals surface area contributed by atoms with Gasteiger partial charge >= 0.3 is 0 Å². The number of aryl methyl sites for hydroxylation is 1. The molecule has 2 aliphatic rings. The average Bonchev–Trinajstić information content (AvgIpc) is 3.33. The van der Waals surface area contributed by atoms with Gasteiger partial charge in [-0.3, -0.25) is 9.59 Å². The van der Waals surface area contributed by atoms with E-state index in [1.165, 1.54) is 18.5 Å². The van der Waals surface area contributed by atoms with Crippen molar-refractivity contribution in [3.8, 4) is 0 Å². The normalized spacial score (nSPS) is 17.3. The number of rotatable bonds is 5. The van der Waals surface area contributed by atoms with Crippen LogP contribution in [0.2, 0.25) is 5.02 Å². The zero-order valence-electron chi connectivity index (χ0n) is 15.9. The molecular formula is C22H24ClN3O2. The van der Waals surface area contributed by atoms with Crippen molar-refractivity contribution in [2.45, 2.75) is 32.6 Å². The first-order valence-corrected chi connectivity index (χ1v) is 10.1. The van der Waals surface area contributed by atoms with Gasteiger partial charge in [-0.05, 0) is 74.6 Å². The molecule has 0 unspecified atom stereocenters. The van der Waals surface area contributed by atoms with Gasteiger partial charge in [0, 0.05) is 35.2 Å². The number of nitrogens with zero attached hydrogens (tertiary/aromatic N) is 1. The largest absolute Gasteiger partial charge is 0.372 e. The van der Waals surface area contributed by atoms with Crippen molar-refractivity contribution >= 4 is 40.5 Å². The molecule has 6 heteroatoms. The minimum atomic E-state index is -0.998. The second-order valence-corrected chi connectivity index (χ2v) is 8.13. The number of amides is 2. The van der Waals surface area contributed by atoms with Gasteiger partial charge in [0.1, 0.15) is 5.41 Å². The van der Waals surface area contributed by atoms with Crippen LogP contribution in [0.15, 0.2) is 42.5 Å². The molecule has 2 fully saturated rings. The Bertz CT molecular complexity index is 900. The zero-order valence-corrected chi connectivity index (χ0v) is 16.7.